The Balaban J connectivity index is 1.49. The third kappa shape index (κ3) is 6.06. The highest BCUT2D eigenvalue weighted by atomic mass is 19.1. The molecular formula is C21H35FN6. The molecule has 1 aromatic heterocycles. The summed E-state index contributed by atoms with van der Waals surface area (Å²) < 4.78 is 14.0. The second-order valence-electron chi connectivity index (χ2n) is 8.07. The van der Waals surface area contributed by atoms with Gasteiger partial charge in [-0.15, -0.1) is 0 Å². The average molecular weight is 391 g/mol. The van der Waals surface area contributed by atoms with Crippen molar-refractivity contribution in [1.29, 1.82) is 0 Å². The number of aliphatic imine (C=N–C) groups is 1. The van der Waals surface area contributed by atoms with Gasteiger partial charge in [0.05, 0.1) is 0 Å². The number of hydrogen-bond donors (Lipinski definition) is 2. The molecule has 2 atom stereocenters. The number of likely N-dealkylation sites (tertiary alicyclic amines) is 1. The van der Waals surface area contributed by atoms with Crippen LogP contribution in [0.25, 0.3) is 0 Å². The minimum absolute atomic E-state index is 0.247. The van der Waals surface area contributed by atoms with Crippen LogP contribution in [-0.4, -0.2) is 67.7 Å². The first-order valence-electron chi connectivity index (χ1n) is 10.8. The van der Waals surface area contributed by atoms with Crippen molar-refractivity contribution >= 4 is 11.8 Å². The van der Waals surface area contributed by atoms with E-state index >= 15 is 0 Å². The maximum absolute atomic E-state index is 14.0. The van der Waals surface area contributed by atoms with E-state index in [2.05, 4.69) is 34.4 Å². The molecule has 0 saturated carbocycles. The number of rotatable bonds is 7. The van der Waals surface area contributed by atoms with Gasteiger partial charge in [0.2, 0.25) is 0 Å². The Bertz CT molecular complexity index is 631. The molecule has 0 spiro atoms. The summed E-state index contributed by atoms with van der Waals surface area (Å²) in [5, 5.41) is 6.88. The van der Waals surface area contributed by atoms with E-state index in [0.717, 1.165) is 45.1 Å². The van der Waals surface area contributed by atoms with Gasteiger partial charge in [0, 0.05) is 45.0 Å². The Morgan fingerprint density at radius 2 is 2.14 bits per heavy atom. The summed E-state index contributed by atoms with van der Waals surface area (Å²) in [4.78, 5) is 13.6. The average Bonchev–Trinajstić information content (AvgIpc) is 3.16. The van der Waals surface area contributed by atoms with Crippen LogP contribution in [0.4, 0.5) is 10.2 Å². The standard InChI is InChI=1S/C21H35FN6/c1-3-23-21(25-14-17(2)15-27-11-5-4-6-12-27)26-18-9-13-28(16-18)20-19(22)8-7-10-24-20/h7-8,10,17-18H,3-6,9,11-16H2,1-2H3,(H2,23,25,26). The molecule has 6 nitrogen and oxygen atoms in total. The van der Waals surface area contributed by atoms with E-state index in [1.807, 2.05) is 4.90 Å². The lowest BCUT2D eigenvalue weighted by Crippen LogP contribution is -2.45. The van der Waals surface area contributed by atoms with Crippen LogP contribution in [0.2, 0.25) is 0 Å². The Hall–Kier alpha value is -1.89. The normalized spacial score (nSPS) is 22.3. The lowest BCUT2D eigenvalue weighted by molar-refractivity contribution is 0.203. The molecular weight excluding hydrogens is 355 g/mol. The van der Waals surface area contributed by atoms with Crippen molar-refractivity contribution < 1.29 is 4.39 Å². The minimum atomic E-state index is -0.254. The van der Waals surface area contributed by atoms with E-state index in [1.165, 1.54) is 38.4 Å². The molecule has 0 aliphatic carbocycles. The van der Waals surface area contributed by atoms with E-state index < -0.39 is 0 Å². The molecule has 3 rings (SSSR count). The van der Waals surface area contributed by atoms with Crippen LogP contribution < -0.4 is 15.5 Å². The SMILES string of the molecule is CCNC(=NCC(C)CN1CCCCC1)NC1CCN(c2ncccc2F)C1. The summed E-state index contributed by atoms with van der Waals surface area (Å²) in [5.41, 5.74) is 0. The Morgan fingerprint density at radius 1 is 1.32 bits per heavy atom. The van der Waals surface area contributed by atoms with Crippen LogP contribution in [0, 0.1) is 11.7 Å². The molecule has 0 radical (unpaired) electrons. The van der Waals surface area contributed by atoms with Crippen molar-refractivity contribution in [3.05, 3.63) is 24.1 Å². The fourth-order valence-electron chi connectivity index (χ4n) is 4.08. The molecule has 156 valence electrons. The number of halogens is 1. The van der Waals surface area contributed by atoms with E-state index in [1.54, 1.807) is 12.3 Å². The Kier molecular flexibility index (Phi) is 7.89. The smallest absolute Gasteiger partial charge is 0.191 e. The van der Waals surface area contributed by atoms with Crippen molar-refractivity contribution in [2.75, 3.05) is 50.7 Å². The van der Waals surface area contributed by atoms with Gasteiger partial charge in [-0.2, -0.15) is 0 Å². The first-order valence-corrected chi connectivity index (χ1v) is 10.8. The Labute approximate surface area is 168 Å². The molecule has 0 aromatic carbocycles. The number of guanidine groups is 1. The van der Waals surface area contributed by atoms with E-state index in [0.29, 0.717) is 11.7 Å². The first kappa shape index (κ1) is 20.8. The van der Waals surface area contributed by atoms with Crippen LogP contribution in [0.15, 0.2) is 23.3 Å². The third-order valence-corrected chi connectivity index (χ3v) is 5.49. The fraction of sp³-hybridized carbons (Fsp3) is 0.714. The largest absolute Gasteiger partial charge is 0.357 e. The summed E-state index contributed by atoms with van der Waals surface area (Å²) in [6.45, 7) is 11.1. The molecule has 0 amide bonds. The zero-order valence-corrected chi connectivity index (χ0v) is 17.3. The van der Waals surface area contributed by atoms with E-state index in [9.17, 15) is 4.39 Å². The summed E-state index contributed by atoms with van der Waals surface area (Å²) in [6.07, 6.45) is 6.63. The van der Waals surface area contributed by atoms with Gasteiger partial charge in [-0.05, 0) is 57.3 Å². The second kappa shape index (κ2) is 10.6. The number of pyridine rings is 1. The van der Waals surface area contributed by atoms with E-state index in [-0.39, 0.29) is 11.9 Å². The van der Waals surface area contributed by atoms with Crippen molar-refractivity contribution in [2.45, 2.75) is 45.6 Å². The summed E-state index contributed by atoms with van der Waals surface area (Å²) >= 11 is 0. The van der Waals surface area contributed by atoms with Gasteiger partial charge >= 0.3 is 0 Å². The van der Waals surface area contributed by atoms with Crippen LogP contribution in [-0.2, 0) is 0 Å². The minimum Gasteiger partial charge on any atom is -0.357 e. The number of hydrogen-bond acceptors (Lipinski definition) is 4. The molecule has 0 bridgehead atoms. The van der Waals surface area contributed by atoms with Crippen molar-refractivity contribution in [3.8, 4) is 0 Å². The van der Waals surface area contributed by atoms with Crippen LogP contribution >= 0.6 is 0 Å². The molecule has 2 N–H and O–H groups in total. The summed E-state index contributed by atoms with van der Waals surface area (Å²) in [6, 6.07) is 3.35. The van der Waals surface area contributed by atoms with Gasteiger partial charge in [0.1, 0.15) is 0 Å². The lowest BCUT2D eigenvalue weighted by atomic mass is 10.1. The number of piperidine rings is 1. The maximum atomic E-state index is 14.0. The van der Waals surface area contributed by atoms with E-state index in [4.69, 9.17) is 4.99 Å². The van der Waals surface area contributed by atoms with Gasteiger partial charge < -0.3 is 20.4 Å². The topological polar surface area (TPSA) is 55.8 Å². The van der Waals surface area contributed by atoms with Crippen molar-refractivity contribution in [3.63, 3.8) is 0 Å². The number of aromatic nitrogens is 1. The van der Waals surface area contributed by atoms with Gasteiger partial charge in [-0.25, -0.2) is 9.37 Å². The molecule has 2 aliphatic rings. The predicted molar refractivity (Wildman–Crippen MR) is 113 cm³/mol. The highest BCUT2D eigenvalue weighted by Crippen LogP contribution is 2.20. The van der Waals surface area contributed by atoms with Crippen LogP contribution in [0.1, 0.15) is 39.5 Å². The number of nitrogens with zero attached hydrogens (tertiary/aromatic N) is 4. The van der Waals surface area contributed by atoms with Gasteiger partial charge in [0.15, 0.2) is 17.6 Å². The highest BCUT2D eigenvalue weighted by molar-refractivity contribution is 5.80. The zero-order valence-electron chi connectivity index (χ0n) is 17.3. The van der Waals surface area contributed by atoms with Crippen molar-refractivity contribution in [2.24, 2.45) is 10.9 Å². The number of nitrogens with one attached hydrogen (secondary N) is 2. The molecule has 28 heavy (non-hydrogen) atoms. The third-order valence-electron chi connectivity index (χ3n) is 5.49. The fourth-order valence-corrected chi connectivity index (χ4v) is 4.08. The molecule has 2 unspecified atom stereocenters. The molecule has 7 heteroatoms. The molecule has 2 fully saturated rings. The predicted octanol–water partition coefficient (Wildman–Crippen LogP) is 2.48. The maximum Gasteiger partial charge on any atom is 0.191 e. The lowest BCUT2D eigenvalue weighted by Gasteiger charge is -2.28. The summed E-state index contributed by atoms with van der Waals surface area (Å²) in [5.74, 6) is 1.59. The quantitative estimate of drug-likeness (QED) is 0.553. The van der Waals surface area contributed by atoms with Gasteiger partial charge in [-0.3, -0.25) is 4.99 Å². The Morgan fingerprint density at radius 3 is 2.89 bits per heavy atom. The monoisotopic (exact) mass is 390 g/mol. The molecule has 1 aromatic rings. The highest BCUT2D eigenvalue weighted by Gasteiger charge is 2.26. The molecule has 2 saturated heterocycles. The van der Waals surface area contributed by atoms with Crippen LogP contribution in [0.5, 0.6) is 0 Å². The van der Waals surface area contributed by atoms with Crippen molar-refractivity contribution in [1.82, 2.24) is 20.5 Å². The molecule has 2 aliphatic heterocycles. The summed E-state index contributed by atoms with van der Waals surface area (Å²) in [7, 11) is 0. The first-order chi connectivity index (χ1) is 13.7. The molecule has 3 heterocycles. The van der Waals surface area contributed by atoms with Gasteiger partial charge in [0.25, 0.3) is 0 Å². The van der Waals surface area contributed by atoms with Gasteiger partial charge in [-0.1, -0.05) is 13.3 Å². The number of anilines is 1. The van der Waals surface area contributed by atoms with Crippen LogP contribution in [0.3, 0.4) is 0 Å². The second-order valence-corrected chi connectivity index (χ2v) is 8.07. The zero-order chi connectivity index (χ0) is 19.8.